The van der Waals surface area contributed by atoms with Crippen molar-refractivity contribution in [2.45, 2.75) is 19.5 Å². The van der Waals surface area contributed by atoms with Crippen LogP contribution < -0.4 is 5.32 Å². The van der Waals surface area contributed by atoms with Crippen LogP contribution in [-0.4, -0.2) is 42.1 Å². The van der Waals surface area contributed by atoms with Crippen LogP contribution in [0.15, 0.2) is 24.3 Å². The predicted molar refractivity (Wildman–Crippen MR) is 86.3 cm³/mol. The molecule has 1 aromatic carbocycles. The van der Waals surface area contributed by atoms with Crippen LogP contribution in [0.4, 0.5) is 0 Å². The van der Waals surface area contributed by atoms with E-state index in [9.17, 15) is 0 Å². The number of ether oxygens (including phenoxy) is 1. The van der Waals surface area contributed by atoms with E-state index >= 15 is 0 Å². The Kier molecular flexibility index (Phi) is 6.36. The van der Waals surface area contributed by atoms with Crippen LogP contribution in [0.2, 0.25) is 0 Å². The Hall–Kier alpha value is -1.04. The first-order chi connectivity index (χ1) is 9.86. The molecule has 0 spiro atoms. The Balaban J connectivity index is 2.09. The summed E-state index contributed by atoms with van der Waals surface area (Å²) in [4.78, 5) is 0. The van der Waals surface area contributed by atoms with Gasteiger partial charge in [-0.1, -0.05) is 18.2 Å². The predicted octanol–water partition coefficient (Wildman–Crippen LogP) is 2.53. The number of nitrogens with one attached hydrogen (secondary N) is 1. The van der Waals surface area contributed by atoms with Crippen LogP contribution in [0.1, 0.15) is 12.1 Å². The molecule has 0 aliphatic carbocycles. The van der Waals surface area contributed by atoms with Gasteiger partial charge in [0, 0.05) is 32.1 Å². The summed E-state index contributed by atoms with van der Waals surface area (Å²) in [7, 11) is 1.72. The zero-order valence-corrected chi connectivity index (χ0v) is 13.1. The molecule has 20 heavy (non-hydrogen) atoms. The zero-order chi connectivity index (χ0) is 14.2. The van der Waals surface area contributed by atoms with Gasteiger partial charge in [0.1, 0.15) is 0 Å². The summed E-state index contributed by atoms with van der Waals surface area (Å²) in [5.41, 5.74) is 2.36. The van der Waals surface area contributed by atoms with E-state index in [1.165, 1.54) is 16.7 Å². The summed E-state index contributed by atoms with van der Waals surface area (Å²) in [5.74, 6) is 1.18. The molecule has 5 heteroatoms. The number of aryl methyl sites for hydroxylation is 1. The van der Waals surface area contributed by atoms with Crippen LogP contribution in [-0.2, 0) is 17.8 Å². The third-order valence-electron chi connectivity index (χ3n) is 3.23. The average Bonchev–Trinajstić information content (AvgIpc) is 2.83. The van der Waals surface area contributed by atoms with Gasteiger partial charge in [0.25, 0.3) is 0 Å². The van der Waals surface area contributed by atoms with Gasteiger partial charge in [0.15, 0.2) is 0 Å². The van der Waals surface area contributed by atoms with Crippen LogP contribution in [0.3, 0.4) is 0 Å². The molecule has 0 saturated carbocycles. The number of thioether (sulfide) groups is 1. The number of methoxy groups -OCH3 is 1. The molecule has 4 nitrogen and oxygen atoms in total. The lowest BCUT2D eigenvalue weighted by molar-refractivity contribution is 0.199. The fourth-order valence-electron chi connectivity index (χ4n) is 2.24. The van der Waals surface area contributed by atoms with E-state index in [4.69, 9.17) is 9.84 Å². The van der Waals surface area contributed by atoms with Gasteiger partial charge in [-0.15, -0.1) is 0 Å². The highest BCUT2D eigenvalue weighted by atomic mass is 32.2. The second-order valence-electron chi connectivity index (χ2n) is 4.70. The van der Waals surface area contributed by atoms with Crippen molar-refractivity contribution in [3.63, 3.8) is 0 Å². The van der Waals surface area contributed by atoms with Crippen LogP contribution in [0.25, 0.3) is 10.9 Å². The second-order valence-corrected chi connectivity index (χ2v) is 5.69. The molecule has 1 aromatic heterocycles. The first kappa shape index (κ1) is 15.4. The highest BCUT2D eigenvalue weighted by Gasteiger charge is 2.09. The molecule has 1 heterocycles. The summed E-state index contributed by atoms with van der Waals surface area (Å²) in [6.45, 7) is 3.36. The Morgan fingerprint density at radius 1 is 1.35 bits per heavy atom. The van der Waals surface area contributed by atoms with E-state index in [2.05, 4.69) is 40.5 Å². The van der Waals surface area contributed by atoms with E-state index in [0.29, 0.717) is 0 Å². The second kappa shape index (κ2) is 8.29. The summed E-state index contributed by atoms with van der Waals surface area (Å²) < 4.78 is 7.19. The van der Waals surface area contributed by atoms with Crippen LogP contribution in [0.5, 0.6) is 0 Å². The summed E-state index contributed by atoms with van der Waals surface area (Å²) in [5, 5.41) is 9.38. The number of aromatic nitrogens is 2. The standard InChI is InChI=1S/C15H23N3OS/c1-19-10-8-16-12-14-13-6-3-4-7-15(13)18(17-14)9-5-11-20-2/h3-4,6-7,16H,5,8-12H2,1-2H3. The highest BCUT2D eigenvalue weighted by Crippen LogP contribution is 2.18. The number of rotatable bonds is 9. The lowest BCUT2D eigenvalue weighted by Crippen LogP contribution is -2.19. The number of hydrogen-bond donors (Lipinski definition) is 1. The Morgan fingerprint density at radius 3 is 3.00 bits per heavy atom. The van der Waals surface area contributed by atoms with Crippen molar-refractivity contribution in [2.75, 3.05) is 32.3 Å². The quantitative estimate of drug-likeness (QED) is 0.721. The van der Waals surface area contributed by atoms with Crippen molar-refractivity contribution >= 4 is 22.7 Å². The average molecular weight is 293 g/mol. The molecule has 0 saturated heterocycles. The maximum absolute atomic E-state index is 5.05. The van der Waals surface area contributed by atoms with Gasteiger partial charge in [-0.05, 0) is 24.5 Å². The van der Waals surface area contributed by atoms with E-state index in [1.807, 2.05) is 11.8 Å². The van der Waals surface area contributed by atoms with Crippen molar-refractivity contribution in [1.82, 2.24) is 15.1 Å². The molecule has 110 valence electrons. The van der Waals surface area contributed by atoms with Crippen molar-refractivity contribution < 1.29 is 4.74 Å². The Morgan fingerprint density at radius 2 is 2.20 bits per heavy atom. The minimum atomic E-state index is 0.729. The fraction of sp³-hybridized carbons (Fsp3) is 0.533. The minimum absolute atomic E-state index is 0.729. The van der Waals surface area contributed by atoms with Gasteiger partial charge in [-0.2, -0.15) is 16.9 Å². The summed E-state index contributed by atoms with van der Waals surface area (Å²) in [6.07, 6.45) is 3.30. The molecule has 0 fully saturated rings. The lowest BCUT2D eigenvalue weighted by atomic mass is 10.2. The summed E-state index contributed by atoms with van der Waals surface area (Å²) >= 11 is 1.89. The van der Waals surface area contributed by atoms with Gasteiger partial charge in [-0.25, -0.2) is 0 Å². The fourth-order valence-corrected chi connectivity index (χ4v) is 2.65. The molecule has 0 bridgehead atoms. The SMILES string of the molecule is COCCNCc1nn(CCCSC)c2ccccc12. The van der Waals surface area contributed by atoms with Gasteiger partial charge in [-0.3, -0.25) is 4.68 Å². The number of nitrogens with zero attached hydrogens (tertiary/aromatic N) is 2. The normalized spacial score (nSPS) is 11.3. The van der Waals surface area contributed by atoms with Gasteiger partial charge in [0.05, 0.1) is 17.8 Å². The first-order valence-electron chi connectivity index (χ1n) is 7.00. The largest absolute Gasteiger partial charge is 0.383 e. The Labute approximate surface area is 124 Å². The molecular formula is C15H23N3OS. The zero-order valence-electron chi connectivity index (χ0n) is 12.3. The minimum Gasteiger partial charge on any atom is -0.383 e. The third kappa shape index (κ3) is 3.98. The third-order valence-corrected chi connectivity index (χ3v) is 3.93. The van der Waals surface area contributed by atoms with Gasteiger partial charge in [0.2, 0.25) is 0 Å². The van der Waals surface area contributed by atoms with Crippen molar-refractivity contribution in [1.29, 1.82) is 0 Å². The van der Waals surface area contributed by atoms with E-state index in [0.717, 1.165) is 38.4 Å². The lowest BCUT2D eigenvalue weighted by Gasteiger charge is -2.02. The van der Waals surface area contributed by atoms with E-state index in [-0.39, 0.29) is 0 Å². The first-order valence-corrected chi connectivity index (χ1v) is 8.39. The molecule has 0 unspecified atom stereocenters. The Bertz CT molecular complexity index is 527. The van der Waals surface area contributed by atoms with Crippen molar-refractivity contribution in [3.8, 4) is 0 Å². The van der Waals surface area contributed by atoms with Gasteiger partial charge < -0.3 is 10.1 Å². The van der Waals surface area contributed by atoms with Crippen LogP contribution in [0, 0.1) is 0 Å². The molecule has 0 radical (unpaired) electrons. The number of hydrogen-bond acceptors (Lipinski definition) is 4. The van der Waals surface area contributed by atoms with Gasteiger partial charge >= 0.3 is 0 Å². The molecule has 0 aliphatic heterocycles. The number of fused-ring (bicyclic) bond motifs is 1. The molecule has 1 N–H and O–H groups in total. The molecular weight excluding hydrogens is 270 g/mol. The smallest absolute Gasteiger partial charge is 0.0841 e. The molecule has 0 aliphatic rings. The molecule has 0 atom stereocenters. The monoisotopic (exact) mass is 293 g/mol. The maximum atomic E-state index is 5.05. The van der Waals surface area contributed by atoms with Crippen LogP contribution >= 0.6 is 11.8 Å². The number of benzene rings is 1. The molecule has 2 rings (SSSR count). The topological polar surface area (TPSA) is 39.1 Å². The van der Waals surface area contributed by atoms with Crippen molar-refractivity contribution in [2.24, 2.45) is 0 Å². The summed E-state index contributed by atoms with van der Waals surface area (Å²) in [6, 6.07) is 8.47. The highest BCUT2D eigenvalue weighted by molar-refractivity contribution is 7.98. The maximum Gasteiger partial charge on any atom is 0.0841 e. The van der Waals surface area contributed by atoms with Crippen molar-refractivity contribution in [3.05, 3.63) is 30.0 Å². The van der Waals surface area contributed by atoms with E-state index < -0.39 is 0 Å². The molecule has 0 amide bonds. The van der Waals surface area contributed by atoms with E-state index in [1.54, 1.807) is 7.11 Å². The number of para-hydroxylation sites is 1. The molecule has 2 aromatic rings.